The van der Waals surface area contributed by atoms with Gasteiger partial charge in [-0.3, -0.25) is 4.98 Å². The first-order chi connectivity index (χ1) is 7.68. The minimum Gasteiger partial charge on any atom is -0.436 e. The molecule has 2 aromatic rings. The molecule has 0 atom stereocenters. The van der Waals surface area contributed by atoms with Gasteiger partial charge < -0.3 is 4.74 Å². The van der Waals surface area contributed by atoms with Crippen molar-refractivity contribution in [3.63, 3.8) is 0 Å². The van der Waals surface area contributed by atoms with E-state index in [4.69, 9.17) is 16.3 Å². The van der Waals surface area contributed by atoms with Crippen molar-refractivity contribution in [2.75, 3.05) is 0 Å². The average Bonchev–Trinajstić information content (AvgIpc) is 2.28. The van der Waals surface area contributed by atoms with Gasteiger partial charge in [0.25, 0.3) is 0 Å². The minimum atomic E-state index is 0.312. The fraction of sp³-hybridized carbons (Fsp3) is 0.100. The normalized spacial score (nSPS) is 10.2. The number of ether oxygens (including phenoxy) is 1. The fourth-order valence-electron chi connectivity index (χ4n) is 1.09. The summed E-state index contributed by atoms with van der Waals surface area (Å²) in [6.07, 6.45) is 3.04. The van der Waals surface area contributed by atoms with Crippen LogP contribution in [0.15, 0.2) is 29.1 Å². The molecule has 82 valence electrons. The molecule has 4 nitrogen and oxygen atoms in total. The fourth-order valence-corrected chi connectivity index (χ4v) is 1.50. The van der Waals surface area contributed by atoms with E-state index in [0.29, 0.717) is 21.3 Å². The summed E-state index contributed by atoms with van der Waals surface area (Å²) >= 11 is 9.09. The quantitative estimate of drug-likeness (QED) is 0.798. The van der Waals surface area contributed by atoms with Gasteiger partial charge in [-0.2, -0.15) is 0 Å². The zero-order chi connectivity index (χ0) is 11.5. The van der Waals surface area contributed by atoms with Crippen LogP contribution in [0.4, 0.5) is 0 Å². The van der Waals surface area contributed by atoms with E-state index in [-0.39, 0.29) is 0 Å². The summed E-state index contributed by atoms with van der Waals surface area (Å²) in [6, 6.07) is 3.60. The Balaban J connectivity index is 2.35. The Labute approximate surface area is 106 Å². The maximum absolute atomic E-state index is 5.83. The number of nitrogens with zero attached hydrogens (tertiary/aromatic N) is 3. The summed E-state index contributed by atoms with van der Waals surface area (Å²) in [5, 5.41) is 0.312. The predicted molar refractivity (Wildman–Crippen MR) is 63.8 cm³/mol. The van der Waals surface area contributed by atoms with Crippen LogP contribution in [0, 0.1) is 6.92 Å². The average molecular weight is 301 g/mol. The van der Waals surface area contributed by atoms with Crippen molar-refractivity contribution in [1.29, 1.82) is 0 Å². The number of hydrogen-bond acceptors (Lipinski definition) is 4. The molecule has 0 saturated carbocycles. The molecule has 0 fully saturated rings. The number of rotatable bonds is 2. The molecule has 0 aliphatic carbocycles. The molecule has 2 heterocycles. The van der Waals surface area contributed by atoms with Gasteiger partial charge in [0.2, 0.25) is 5.88 Å². The third-order valence-electron chi connectivity index (χ3n) is 1.88. The van der Waals surface area contributed by atoms with Crippen LogP contribution in [0.1, 0.15) is 5.69 Å². The van der Waals surface area contributed by atoms with E-state index < -0.39 is 0 Å². The number of hydrogen-bond donors (Lipinski definition) is 0. The van der Waals surface area contributed by atoms with E-state index in [2.05, 4.69) is 30.9 Å². The zero-order valence-electron chi connectivity index (χ0n) is 8.32. The number of aryl methyl sites for hydroxylation is 1. The Hall–Kier alpha value is -1.20. The number of aromatic nitrogens is 3. The maximum Gasteiger partial charge on any atom is 0.238 e. The molecular weight excluding hydrogens is 293 g/mol. The van der Waals surface area contributed by atoms with Crippen molar-refractivity contribution in [1.82, 2.24) is 15.0 Å². The van der Waals surface area contributed by atoms with E-state index in [9.17, 15) is 0 Å². The molecule has 0 amide bonds. The Morgan fingerprint density at radius 2 is 2.12 bits per heavy atom. The van der Waals surface area contributed by atoms with E-state index >= 15 is 0 Å². The maximum atomic E-state index is 5.83. The Kier molecular flexibility index (Phi) is 3.36. The van der Waals surface area contributed by atoms with Gasteiger partial charge in [-0.25, -0.2) is 9.97 Å². The highest BCUT2D eigenvalue weighted by Gasteiger charge is 2.10. The van der Waals surface area contributed by atoms with Crippen LogP contribution in [0.3, 0.4) is 0 Å². The Bertz CT molecular complexity index is 521. The molecule has 0 radical (unpaired) electrons. The van der Waals surface area contributed by atoms with Crippen molar-refractivity contribution in [3.05, 3.63) is 40.0 Å². The second-order valence-electron chi connectivity index (χ2n) is 2.97. The second-order valence-corrected chi connectivity index (χ2v) is 4.12. The molecule has 2 aromatic heterocycles. The highest BCUT2D eigenvalue weighted by atomic mass is 79.9. The predicted octanol–water partition coefficient (Wildman–Crippen LogP) is 3.39. The van der Waals surface area contributed by atoms with Gasteiger partial charge in [-0.1, -0.05) is 11.6 Å². The highest BCUT2D eigenvalue weighted by molar-refractivity contribution is 9.10. The molecule has 0 aliphatic rings. The lowest BCUT2D eigenvalue weighted by Gasteiger charge is -2.08. The summed E-state index contributed by atoms with van der Waals surface area (Å²) in [6.45, 7) is 1.85. The van der Waals surface area contributed by atoms with Crippen LogP contribution in [0.5, 0.6) is 11.6 Å². The molecule has 16 heavy (non-hydrogen) atoms. The van der Waals surface area contributed by atoms with E-state index in [0.717, 1.165) is 5.69 Å². The minimum absolute atomic E-state index is 0.312. The summed E-state index contributed by atoms with van der Waals surface area (Å²) in [4.78, 5) is 11.9. The third-order valence-corrected chi connectivity index (χ3v) is 3.11. The Morgan fingerprint density at radius 1 is 1.31 bits per heavy atom. The summed E-state index contributed by atoms with van der Waals surface area (Å²) in [5.41, 5.74) is 0.782. The Morgan fingerprint density at radius 3 is 2.88 bits per heavy atom. The van der Waals surface area contributed by atoms with Crippen molar-refractivity contribution in [2.24, 2.45) is 0 Å². The van der Waals surface area contributed by atoms with Gasteiger partial charge >= 0.3 is 0 Å². The smallest absolute Gasteiger partial charge is 0.238 e. The van der Waals surface area contributed by atoms with Crippen LogP contribution in [0.2, 0.25) is 5.15 Å². The lowest BCUT2D eigenvalue weighted by molar-refractivity contribution is 0.452. The van der Waals surface area contributed by atoms with Gasteiger partial charge in [0.1, 0.15) is 10.8 Å². The van der Waals surface area contributed by atoms with Crippen molar-refractivity contribution in [2.45, 2.75) is 6.92 Å². The number of pyridine rings is 1. The topological polar surface area (TPSA) is 47.9 Å². The molecule has 0 unspecified atom stereocenters. The molecule has 0 spiro atoms. The molecule has 0 aliphatic heterocycles. The van der Waals surface area contributed by atoms with Crippen LogP contribution in [0.25, 0.3) is 0 Å². The molecule has 6 heteroatoms. The standard InChI is InChI=1S/C10H7BrClN3O/c1-6-7(3-2-4-13-6)16-10-8(11)9(12)14-5-15-10/h2-5H,1H3. The zero-order valence-corrected chi connectivity index (χ0v) is 10.7. The lowest BCUT2D eigenvalue weighted by Crippen LogP contribution is -1.94. The number of halogens is 2. The second kappa shape index (κ2) is 4.76. The molecular formula is C10H7BrClN3O. The van der Waals surface area contributed by atoms with Crippen LogP contribution >= 0.6 is 27.5 Å². The van der Waals surface area contributed by atoms with Crippen LogP contribution in [-0.2, 0) is 0 Å². The monoisotopic (exact) mass is 299 g/mol. The lowest BCUT2D eigenvalue weighted by atomic mass is 10.3. The summed E-state index contributed by atoms with van der Waals surface area (Å²) in [5.74, 6) is 1.01. The highest BCUT2D eigenvalue weighted by Crippen LogP contribution is 2.31. The molecule has 0 aromatic carbocycles. The largest absolute Gasteiger partial charge is 0.436 e. The van der Waals surface area contributed by atoms with Gasteiger partial charge in [0.05, 0.1) is 5.69 Å². The van der Waals surface area contributed by atoms with Crippen LogP contribution in [-0.4, -0.2) is 15.0 Å². The first-order valence-electron chi connectivity index (χ1n) is 4.44. The van der Waals surface area contributed by atoms with Gasteiger partial charge in [0.15, 0.2) is 10.9 Å². The summed E-state index contributed by atoms with van der Waals surface area (Å²) < 4.78 is 6.10. The molecule has 0 saturated heterocycles. The van der Waals surface area contributed by atoms with Crippen molar-refractivity contribution in [3.8, 4) is 11.6 Å². The first kappa shape index (κ1) is 11.3. The van der Waals surface area contributed by atoms with Gasteiger partial charge in [0, 0.05) is 6.20 Å². The van der Waals surface area contributed by atoms with Crippen molar-refractivity contribution < 1.29 is 4.74 Å². The van der Waals surface area contributed by atoms with Gasteiger partial charge in [-0.05, 0) is 35.0 Å². The van der Waals surface area contributed by atoms with Gasteiger partial charge in [-0.15, -0.1) is 0 Å². The first-order valence-corrected chi connectivity index (χ1v) is 5.61. The van der Waals surface area contributed by atoms with E-state index in [1.165, 1.54) is 6.33 Å². The summed E-state index contributed by atoms with van der Waals surface area (Å²) in [7, 11) is 0. The molecule has 0 bridgehead atoms. The van der Waals surface area contributed by atoms with E-state index in [1.54, 1.807) is 12.3 Å². The molecule has 2 rings (SSSR count). The molecule has 0 N–H and O–H groups in total. The van der Waals surface area contributed by atoms with Crippen molar-refractivity contribution >= 4 is 27.5 Å². The third kappa shape index (κ3) is 2.31. The SMILES string of the molecule is Cc1ncccc1Oc1ncnc(Cl)c1Br. The van der Waals surface area contributed by atoms with E-state index in [1.807, 2.05) is 13.0 Å². The van der Waals surface area contributed by atoms with Crippen LogP contribution < -0.4 is 4.74 Å².